The van der Waals surface area contributed by atoms with Crippen LogP contribution in [0.4, 0.5) is 9.18 Å². The molecule has 2 saturated heterocycles. The quantitative estimate of drug-likeness (QED) is 0.922. The first kappa shape index (κ1) is 17.2. The highest BCUT2D eigenvalue weighted by atomic mass is 19.1. The van der Waals surface area contributed by atoms with E-state index in [1.54, 1.807) is 17.0 Å². The van der Waals surface area contributed by atoms with Gasteiger partial charge in [-0.2, -0.15) is 0 Å². The summed E-state index contributed by atoms with van der Waals surface area (Å²) < 4.78 is 24.5. The fourth-order valence-electron chi connectivity index (χ4n) is 3.36. The molecule has 0 radical (unpaired) electrons. The number of hydrogen-bond acceptors (Lipinski definition) is 4. The van der Waals surface area contributed by atoms with Gasteiger partial charge in [0.15, 0.2) is 0 Å². The molecule has 0 bridgehead atoms. The first-order chi connectivity index (χ1) is 11.3. The lowest BCUT2D eigenvalue weighted by Crippen LogP contribution is -2.42. The molecule has 2 heterocycles. The van der Waals surface area contributed by atoms with Crippen LogP contribution in [0.1, 0.15) is 32.8 Å². The predicted molar refractivity (Wildman–Crippen MR) is 88.1 cm³/mol. The van der Waals surface area contributed by atoms with Crippen molar-refractivity contribution in [1.29, 1.82) is 0 Å². The van der Waals surface area contributed by atoms with Gasteiger partial charge in [-0.15, -0.1) is 0 Å². The van der Waals surface area contributed by atoms with Crippen molar-refractivity contribution >= 4 is 6.09 Å². The smallest absolute Gasteiger partial charge is 0.410 e. The summed E-state index contributed by atoms with van der Waals surface area (Å²) in [6.45, 7) is 7.39. The fraction of sp³-hybridized carbons (Fsp3) is 0.611. The van der Waals surface area contributed by atoms with Crippen LogP contribution in [0, 0.1) is 5.82 Å². The van der Waals surface area contributed by atoms with Crippen molar-refractivity contribution < 1.29 is 18.7 Å². The Kier molecular flexibility index (Phi) is 4.78. The Morgan fingerprint density at radius 2 is 2.04 bits per heavy atom. The largest absolute Gasteiger partial charge is 0.444 e. The molecule has 0 aromatic heterocycles. The van der Waals surface area contributed by atoms with Gasteiger partial charge in [0.2, 0.25) is 0 Å². The van der Waals surface area contributed by atoms with E-state index in [1.807, 2.05) is 20.8 Å². The minimum Gasteiger partial charge on any atom is -0.444 e. The third kappa shape index (κ3) is 3.87. The third-order valence-corrected chi connectivity index (χ3v) is 4.42. The number of fused-ring (bicyclic) bond motifs is 1. The normalized spacial score (nSPS) is 26.5. The van der Waals surface area contributed by atoms with E-state index < -0.39 is 5.60 Å². The van der Waals surface area contributed by atoms with Crippen LogP contribution in [-0.2, 0) is 16.1 Å². The Morgan fingerprint density at radius 3 is 2.71 bits per heavy atom. The minimum absolute atomic E-state index is 0.0879. The fourth-order valence-corrected chi connectivity index (χ4v) is 3.36. The second-order valence-electron chi connectivity index (χ2n) is 7.44. The second-order valence-corrected chi connectivity index (χ2v) is 7.44. The molecule has 0 aliphatic carbocycles. The number of amides is 1. The number of nitrogens with one attached hydrogen (secondary N) is 1. The number of likely N-dealkylation sites (tertiary alicyclic amines) is 1. The Morgan fingerprint density at radius 1 is 1.33 bits per heavy atom. The Hall–Kier alpha value is -1.66. The SMILES string of the molecule is CC(C)(C)OC(=O)N1CC(OCc2ccc(F)cc2)C2NCCC21. The zero-order valence-electron chi connectivity index (χ0n) is 14.4. The molecule has 3 atom stereocenters. The number of benzene rings is 1. The maximum absolute atomic E-state index is 13.0. The van der Waals surface area contributed by atoms with E-state index in [0.717, 1.165) is 18.5 Å². The van der Waals surface area contributed by atoms with Crippen molar-refractivity contribution in [3.8, 4) is 0 Å². The van der Waals surface area contributed by atoms with Crippen LogP contribution in [0.2, 0.25) is 0 Å². The van der Waals surface area contributed by atoms with E-state index in [-0.39, 0.29) is 30.1 Å². The average Bonchev–Trinajstić information content (AvgIpc) is 3.07. The molecule has 3 unspecified atom stereocenters. The van der Waals surface area contributed by atoms with Crippen molar-refractivity contribution in [2.45, 2.75) is 57.6 Å². The van der Waals surface area contributed by atoms with Gasteiger partial charge in [-0.1, -0.05) is 12.1 Å². The number of halogens is 1. The first-order valence-corrected chi connectivity index (χ1v) is 8.42. The molecule has 2 aliphatic heterocycles. The Labute approximate surface area is 142 Å². The van der Waals surface area contributed by atoms with Crippen molar-refractivity contribution in [3.63, 3.8) is 0 Å². The van der Waals surface area contributed by atoms with E-state index >= 15 is 0 Å². The van der Waals surface area contributed by atoms with Crippen molar-refractivity contribution in [1.82, 2.24) is 10.2 Å². The highest BCUT2D eigenvalue weighted by molar-refractivity contribution is 5.69. The van der Waals surface area contributed by atoms with Crippen molar-refractivity contribution in [2.24, 2.45) is 0 Å². The van der Waals surface area contributed by atoms with Crippen molar-refractivity contribution in [3.05, 3.63) is 35.6 Å². The first-order valence-electron chi connectivity index (χ1n) is 8.42. The Balaban J connectivity index is 1.62. The van der Waals surface area contributed by atoms with E-state index in [9.17, 15) is 9.18 Å². The van der Waals surface area contributed by atoms with Crippen LogP contribution in [-0.4, -0.2) is 47.9 Å². The van der Waals surface area contributed by atoms with Crippen molar-refractivity contribution in [2.75, 3.05) is 13.1 Å². The summed E-state index contributed by atoms with van der Waals surface area (Å²) in [5.41, 5.74) is 0.410. The van der Waals surface area contributed by atoms with Gasteiger partial charge in [0.1, 0.15) is 11.4 Å². The number of carbonyl (C=O) groups excluding carboxylic acids is 1. The molecule has 0 spiro atoms. The average molecular weight is 336 g/mol. The summed E-state index contributed by atoms with van der Waals surface area (Å²) in [5.74, 6) is -0.256. The van der Waals surface area contributed by atoms with Crippen LogP contribution in [0.15, 0.2) is 24.3 Å². The number of carbonyl (C=O) groups is 1. The second kappa shape index (κ2) is 6.69. The predicted octanol–water partition coefficient (Wildman–Crippen LogP) is 2.69. The van der Waals surface area contributed by atoms with E-state index in [0.29, 0.717) is 13.2 Å². The molecule has 0 saturated carbocycles. The van der Waals surface area contributed by atoms with Crippen LogP contribution >= 0.6 is 0 Å². The molecular formula is C18H25FN2O3. The van der Waals surface area contributed by atoms with Gasteiger partial charge >= 0.3 is 6.09 Å². The van der Waals surface area contributed by atoms with Crippen LogP contribution < -0.4 is 5.32 Å². The van der Waals surface area contributed by atoms with Gasteiger partial charge in [0.25, 0.3) is 0 Å². The van der Waals surface area contributed by atoms with E-state index in [1.165, 1.54) is 12.1 Å². The van der Waals surface area contributed by atoms with Gasteiger partial charge in [0, 0.05) is 0 Å². The van der Waals surface area contributed by atoms with Gasteiger partial charge in [-0.05, 0) is 51.4 Å². The highest BCUT2D eigenvalue weighted by Gasteiger charge is 2.48. The molecule has 3 rings (SSSR count). The molecule has 5 nitrogen and oxygen atoms in total. The molecular weight excluding hydrogens is 311 g/mol. The van der Waals surface area contributed by atoms with Gasteiger partial charge < -0.3 is 19.7 Å². The Bertz CT molecular complexity index is 585. The summed E-state index contributed by atoms with van der Waals surface area (Å²) in [7, 11) is 0. The van der Waals surface area contributed by atoms with E-state index in [4.69, 9.17) is 9.47 Å². The summed E-state index contributed by atoms with van der Waals surface area (Å²) in [5, 5.41) is 3.43. The number of ether oxygens (including phenoxy) is 2. The zero-order chi connectivity index (χ0) is 17.3. The summed E-state index contributed by atoms with van der Waals surface area (Å²) in [6, 6.07) is 6.52. The molecule has 1 aromatic carbocycles. The minimum atomic E-state index is -0.508. The molecule has 1 amide bonds. The lowest BCUT2D eigenvalue weighted by molar-refractivity contribution is 0.0126. The molecule has 24 heavy (non-hydrogen) atoms. The summed E-state index contributed by atoms with van der Waals surface area (Å²) >= 11 is 0. The maximum atomic E-state index is 13.0. The third-order valence-electron chi connectivity index (χ3n) is 4.42. The number of rotatable bonds is 3. The highest BCUT2D eigenvalue weighted by Crippen LogP contribution is 2.29. The lowest BCUT2D eigenvalue weighted by atomic mass is 10.1. The van der Waals surface area contributed by atoms with Crippen LogP contribution in [0.5, 0.6) is 0 Å². The zero-order valence-corrected chi connectivity index (χ0v) is 14.4. The molecule has 1 N–H and O–H groups in total. The summed E-state index contributed by atoms with van der Waals surface area (Å²) in [4.78, 5) is 14.2. The lowest BCUT2D eigenvalue weighted by Gasteiger charge is -2.27. The topological polar surface area (TPSA) is 50.8 Å². The summed E-state index contributed by atoms with van der Waals surface area (Å²) in [6.07, 6.45) is 0.532. The maximum Gasteiger partial charge on any atom is 0.410 e. The molecule has 2 fully saturated rings. The monoisotopic (exact) mass is 336 g/mol. The molecule has 6 heteroatoms. The van der Waals surface area contributed by atoms with Gasteiger partial charge in [-0.3, -0.25) is 0 Å². The number of nitrogens with zero attached hydrogens (tertiary/aromatic N) is 1. The molecule has 1 aromatic rings. The molecule has 2 aliphatic rings. The van der Waals surface area contributed by atoms with E-state index in [2.05, 4.69) is 5.32 Å². The molecule has 132 valence electrons. The van der Waals surface area contributed by atoms with Crippen LogP contribution in [0.3, 0.4) is 0 Å². The standard InChI is InChI=1S/C18H25FN2O3/c1-18(2,3)24-17(22)21-10-15(16-14(21)8-9-20-16)23-11-12-4-6-13(19)7-5-12/h4-7,14-16,20H,8-11H2,1-3H3. The van der Waals surface area contributed by atoms with Gasteiger partial charge in [-0.25, -0.2) is 9.18 Å². The number of hydrogen-bond donors (Lipinski definition) is 1. The van der Waals surface area contributed by atoms with Crippen LogP contribution in [0.25, 0.3) is 0 Å². The van der Waals surface area contributed by atoms with Gasteiger partial charge in [0.05, 0.1) is 31.3 Å².